The van der Waals surface area contributed by atoms with E-state index in [2.05, 4.69) is 4.84 Å². The van der Waals surface area contributed by atoms with Crippen molar-refractivity contribution in [3.63, 3.8) is 0 Å². The first-order chi connectivity index (χ1) is 7.59. The highest BCUT2D eigenvalue weighted by molar-refractivity contribution is 6.03. The number of carbonyl (C=O) groups excluding carboxylic acids is 2. The third-order valence-electron chi connectivity index (χ3n) is 2.84. The number of amides is 2. The second kappa shape index (κ2) is 4.09. The van der Waals surface area contributed by atoms with Crippen LogP contribution in [0.3, 0.4) is 0 Å². The Hall–Kier alpha value is -1.63. The van der Waals surface area contributed by atoms with E-state index >= 15 is 0 Å². The van der Waals surface area contributed by atoms with E-state index in [1.165, 1.54) is 0 Å². The third kappa shape index (κ3) is 1.85. The van der Waals surface area contributed by atoms with Crippen molar-refractivity contribution in [3.05, 3.63) is 0 Å². The quantitative estimate of drug-likeness (QED) is 0.670. The van der Waals surface area contributed by atoms with Gasteiger partial charge in [0.25, 0.3) is 11.8 Å². The molecule has 0 spiro atoms. The van der Waals surface area contributed by atoms with Crippen LogP contribution in [0.1, 0.15) is 12.8 Å². The molecule has 7 heteroatoms. The number of carboxylic acid groups (broad SMARTS) is 1. The van der Waals surface area contributed by atoms with Gasteiger partial charge < -0.3 is 9.84 Å². The fourth-order valence-corrected chi connectivity index (χ4v) is 2.04. The molecule has 0 aromatic carbocycles. The summed E-state index contributed by atoms with van der Waals surface area (Å²) in [6.07, 6.45) is -0.949. The standard InChI is InChI=1S/C9H11NO6/c11-7-3-6(5-1-2-15-4-5)8(12)10(7)16-9(13)14/h5-6H,1-4H2,(H,13,14)/t5?,6-/m0/s1. The largest absolute Gasteiger partial charge is 0.531 e. The summed E-state index contributed by atoms with van der Waals surface area (Å²) in [5, 5.41) is 8.71. The van der Waals surface area contributed by atoms with Crippen LogP contribution in [0, 0.1) is 11.8 Å². The van der Waals surface area contributed by atoms with Crippen molar-refractivity contribution >= 4 is 18.0 Å². The maximum absolute atomic E-state index is 11.7. The number of nitrogens with zero attached hydrogens (tertiary/aromatic N) is 1. The Kier molecular flexibility index (Phi) is 2.78. The number of rotatable bonds is 2. The summed E-state index contributed by atoms with van der Waals surface area (Å²) in [6.45, 7) is 1.01. The molecule has 0 radical (unpaired) electrons. The molecule has 0 aliphatic carbocycles. The second-order valence-electron chi connectivity index (χ2n) is 3.82. The van der Waals surface area contributed by atoms with Crippen LogP contribution in [0.25, 0.3) is 0 Å². The molecule has 2 atom stereocenters. The van der Waals surface area contributed by atoms with E-state index in [1.807, 2.05) is 0 Å². The molecule has 1 N–H and O–H groups in total. The highest BCUT2D eigenvalue weighted by Gasteiger charge is 2.46. The molecule has 2 aliphatic heterocycles. The van der Waals surface area contributed by atoms with Crippen LogP contribution in [0.15, 0.2) is 0 Å². The zero-order valence-electron chi connectivity index (χ0n) is 8.42. The van der Waals surface area contributed by atoms with Crippen molar-refractivity contribution in [2.75, 3.05) is 13.2 Å². The van der Waals surface area contributed by atoms with Crippen LogP contribution < -0.4 is 0 Å². The van der Waals surface area contributed by atoms with Gasteiger partial charge in [-0.15, -0.1) is 0 Å². The molecule has 2 heterocycles. The summed E-state index contributed by atoms with van der Waals surface area (Å²) >= 11 is 0. The molecule has 0 bridgehead atoms. The molecule has 2 aliphatic rings. The molecule has 2 amide bonds. The van der Waals surface area contributed by atoms with Crippen LogP contribution in [0.5, 0.6) is 0 Å². The van der Waals surface area contributed by atoms with Crippen LogP contribution in [0.2, 0.25) is 0 Å². The van der Waals surface area contributed by atoms with Crippen molar-refractivity contribution in [3.8, 4) is 0 Å². The Morgan fingerprint density at radius 1 is 1.50 bits per heavy atom. The molecular weight excluding hydrogens is 218 g/mol. The summed E-state index contributed by atoms with van der Waals surface area (Å²) < 4.78 is 5.13. The van der Waals surface area contributed by atoms with Gasteiger partial charge in [-0.25, -0.2) is 4.79 Å². The Bertz CT molecular complexity index is 335. The predicted molar refractivity (Wildman–Crippen MR) is 48.0 cm³/mol. The van der Waals surface area contributed by atoms with E-state index in [1.54, 1.807) is 0 Å². The number of carbonyl (C=O) groups is 3. The Morgan fingerprint density at radius 2 is 2.25 bits per heavy atom. The average molecular weight is 229 g/mol. The number of hydrogen-bond donors (Lipinski definition) is 1. The minimum Gasteiger partial charge on any atom is -0.448 e. The van der Waals surface area contributed by atoms with E-state index < -0.39 is 23.9 Å². The first-order valence-corrected chi connectivity index (χ1v) is 4.95. The SMILES string of the molecule is O=C(O)ON1C(=O)C[C@@H](C2CCOC2)C1=O. The summed E-state index contributed by atoms with van der Waals surface area (Å²) in [7, 11) is 0. The maximum atomic E-state index is 11.7. The number of hydrogen-bond acceptors (Lipinski definition) is 5. The lowest BCUT2D eigenvalue weighted by atomic mass is 9.90. The van der Waals surface area contributed by atoms with Gasteiger partial charge in [0, 0.05) is 13.0 Å². The van der Waals surface area contributed by atoms with Gasteiger partial charge >= 0.3 is 6.16 Å². The van der Waals surface area contributed by atoms with Crippen molar-refractivity contribution < 1.29 is 29.1 Å². The fraction of sp³-hybridized carbons (Fsp3) is 0.667. The van der Waals surface area contributed by atoms with Gasteiger partial charge in [-0.05, 0) is 12.3 Å². The smallest absolute Gasteiger partial charge is 0.448 e. The fourth-order valence-electron chi connectivity index (χ4n) is 2.04. The molecular formula is C9H11NO6. The van der Waals surface area contributed by atoms with Crippen molar-refractivity contribution in [2.24, 2.45) is 11.8 Å². The summed E-state index contributed by atoms with van der Waals surface area (Å²) in [5.41, 5.74) is 0. The van der Waals surface area contributed by atoms with Gasteiger partial charge in [-0.3, -0.25) is 14.4 Å². The molecule has 88 valence electrons. The van der Waals surface area contributed by atoms with E-state index in [0.717, 1.165) is 0 Å². The topological polar surface area (TPSA) is 93.1 Å². The van der Waals surface area contributed by atoms with E-state index in [9.17, 15) is 14.4 Å². The first-order valence-electron chi connectivity index (χ1n) is 4.95. The zero-order chi connectivity index (χ0) is 11.7. The Balaban J connectivity index is 2.06. The van der Waals surface area contributed by atoms with Gasteiger partial charge in [0.1, 0.15) is 0 Å². The predicted octanol–water partition coefficient (Wildman–Crippen LogP) is 0.00760. The summed E-state index contributed by atoms with van der Waals surface area (Å²) in [5.74, 6) is -1.71. The van der Waals surface area contributed by atoms with Crippen molar-refractivity contribution in [1.82, 2.24) is 5.06 Å². The van der Waals surface area contributed by atoms with Crippen LogP contribution in [-0.2, 0) is 19.2 Å². The second-order valence-corrected chi connectivity index (χ2v) is 3.82. The lowest BCUT2D eigenvalue weighted by Crippen LogP contribution is -2.34. The third-order valence-corrected chi connectivity index (χ3v) is 2.84. The maximum Gasteiger partial charge on any atom is 0.531 e. The lowest BCUT2D eigenvalue weighted by molar-refractivity contribution is -0.177. The van der Waals surface area contributed by atoms with Crippen LogP contribution in [0.4, 0.5) is 4.79 Å². The highest BCUT2D eigenvalue weighted by atomic mass is 16.8. The van der Waals surface area contributed by atoms with Gasteiger partial charge in [0.05, 0.1) is 12.5 Å². The minimum atomic E-state index is -1.66. The molecule has 7 nitrogen and oxygen atoms in total. The van der Waals surface area contributed by atoms with E-state index in [-0.39, 0.29) is 12.3 Å². The molecule has 1 unspecified atom stereocenters. The number of imide groups is 1. The monoisotopic (exact) mass is 229 g/mol. The lowest BCUT2D eigenvalue weighted by Gasteiger charge is -2.14. The molecule has 0 saturated carbocycles. The van der Waals surface area contributed by atoms with E-state index in [0.29, 0.717) is 24.7 Å². The van der Waals surface area contributed by atoms with Gasteiger partial charge in [0.2, 0.25) is 0 Å². The van der Waals surface area contributed by atoms with E-state index in [4.69, 9.17) is 9.84 Å². The molecule has 2 fully saturated rings. The molecule has 0 aromatic heterocycles. The van der Waals surface area contributed by atoms with Crippen LogP contribution in [-0.4, -0.2) is 41.4 Å². The normalized spacial score (nSPS) is 29.9. The average Bonchev–Trinajstić information content (AvgIpc) is 2.80. The number of ether oxygens (including phenoxy) is 1. The van der Waals surface area contributed by atoms with Gasteiger partial charge in [-0.1, -0.05) is 5.06 Å². The highest BCUT2D eigenvalue weighted by Crippen LogP contribution is 2.31. The molecule has 16 heavy (non-hydrogen) atoms. The zero-order valence-corrected chi connectivity index (χ0v) is 8.42. The minimum absolute atomic E-state index is 0.000139. The number of hydroxylamine groups is 2. The summed E-state index contributed by atoms with van der Waals surface area (Å²) in [4.78, 5) is 37.5. The van der Waals surface area contributed by atoms with Gasteiger partial charge in [-0.2, -0.15) is 0 Å². The Morgan fingerprint density at radius 3 is 2.81 bits per heavy atom. The van der Waals surface area contributed by atoms with Crippen LogP contribution >= 0.6 is 0 Å². The van der Waals surface area contributed by atoms with Crippen molar-refractivity contribution in [2.45, 2.75) is 12.8 Å². The van der Waals surface area contributed by atoms with Crippen molar-refractivity contribution in [1.29, 1.82) is 0 Å². The molecule has 2 rings (SSSR count). The Labute approximate surface area is 90.9 Å². The molecule has 0 aromatic rings. The summed E-state index contributed by atoms with van der Waals surface area (Å²) in [6, 6.07) is 0. The first kappa shape index (κ1) is 10.9. The van der Waals surface area contributed by atoms with Gasteiger partial charge in [0.15, 0.2) is 0 Å². The molecule has 2 saturated heterocycles.